The molecule has 2 saturated carbocycles. The molecule has 0 aliphatic heterocycles. The molecule has 2 aliphatic rings. The Hall–Kier alpha value is -0.657. The molecule has 2 fully saturated rings. The summed E-state index contributed by atoms with van der Waals surface area (Å²) in [4.78, 5) is 11.9. The molecule has 0 aromatic carbocycles. The van der Waals surface area contributed by atoms with Crippen LogP contribution in [0.3, 0.4) is 0 Å². The van der Waals surface area contributed by atoms with Crippen molar-refractivity contribution < 1.29 is 45.0 Å². The van der Waals surface area contributed by atoms with Gasteiger partial charge in [-0.05, 0) is 0 Å². The third kappa shape index (κ3) is 5.92. The van der Waals surface area contributed by atoms with E-state index in [4.69, 9.17) is 28.5 Å². The quantitative estimate of drug-likeness (QED) is 0.175. The first-order valence-corrected chi connectivity index (χ1v) is 10.3. The van der Waals surface area contributed by atoms with E-state index in [1.165, 1.54) is 12.8 Å². The summed E-state index contributed by atoms with van der Waals surface area (Å²) in [5, 5.41) is 0. The summed E-state index contributed by atoms with van der Waals surface area (Å²) in [7, 11) is 0. The van der Waals surface area contributed by atoms with Gasteiger partial charge in [-0.3, -0.25) is 0 Å². The molecule has 0 unspecified atom stereocenters. The first-order valence-electron chi connectivity index (χ1n) is 7.87. The van der Waals surface area contributed by atoms with Crippen molar-refractivity contribution in [3.63, 3.8) is 0 Å². The number of hydrogen-bond acceptors (Lipinski definition) is 6. The van der Waals surface area contributed by atoms with Crippen molar-refractivity contribution in [1.82, 2.24) is 0 Å². The third-order valence-corrected chi connectivity index (χ3v) is 5.02. The number of rotatable bonds is 8. The second-order valence-electron chi connectivity index (χ2n) is 5.74. The molecule has 21 heavy (non-hydrogen) atoms. The van der Waals surface area contributed by atoms with Crippen molar-refractivity contribution in [3.05, 3.63) is 0 Å². The Morgan fingerprint density at radius 1 is 0.667 bits per heavy atom. The van der Waals surface area contributed by atoms with Crippen LogP contribution in [0.4, 0.5) is 0 Å². The van der Waals surface area contributed by atoms with Crippen LogP contribution < -0.4 is 0 Å². The fourth-order valence-electron chi connectivity index (χ4n) is 2.93. The summed E-state index contributed by atoms with van der Waals surface area (Å²) in [6.07, 6.45) is 10.9. The SMILES string of the molecule is N=[N+](O[O][Zn][O]O[N+](=N)C1CCCCC1)C1CCCCC1. The van der Waals surface area contributed by atoms with E-state index in [0.29, 0.717) is 0 Å². The molecule has 9 heteroatoms. The third-order valence-electron chi connectivity index (χ3n) is 4.17. The summed E-state index contributed by atoms with van der Waals surface area (Å²) in [6, 6.07) is 0.217. The summed E-state index contributed by atoms with van der Waals surface area (Å²) < 4.78 is 9.91. The monoisotopic (exact) mass is 352 g/mol. The molecule has 2 aliphatic carbocycles. The summed E-state index contributed by atoms with van der Waals surface area (Å²) >= 11 is -1.95. The maximum absolute atomic E-state index is 7.72. The molecule has 0 bridgehead atoms. The van der Waals surface area contributed by atoms with Crippen molar-refractivity contribution >= 4 is 0 Å². The molecule has 0 aromatic rings. The Morgan fingerprint density at radius 2 is 1.05 bits per heavy atom. The van der Waals surface area contributed by atoms with Crippen LogP contribution in [-0.2, 0) is 35.3 Å². The van der Waals surface area contributed by atoms with Gasteiger partial charge in [0.25, 0.3) is 0 Å². The van der Waals surface area contributed by atoms with Crippen molar-refractivity contribution in [1.29, 1.82) is 11.1 Å². The maximum atomic E-state index is 7.72. The molecule has 8 nitrogen and oxygen atoms in total. The van der Waals surface area contributed by atoms with E-state index in [1.807, 2.05) is 0 Å². The van der Waals surface area contributed by atoms with Gasteiger partial charge in [-0.15, -0.1) is 0 Å². The van der Waals surface area contributed by atoms with Crippen LogP contribution >= 0.6 is 0 Å². The van der Waals surface area contributed by atoms with E-state index >= 15 is 0 Å². The average molecular weight is 354 g/mol. The van der Waals surface area contributed by atoms with Crippen molar-refractivity contribution in [2.45, 2.75) is 76.3 Å². The molecule has 0 saturated heterocycles. The first-order chi connectivity index (χ1) is 10.3. The van der Waals surface area contributed by atoms with Gasteiger partial charge in [-0.2, -0.15) is 0 Å². The molecule has 0 radical (unpaired) electrons. The van der Waals surface area contributed by atoms with Crippen LogP contribution in [0, 0.1) is 11.1 Å². The van der Waals surface area contributed by atoms with Gasteiger partial charge in [0.15, 0.2) is 0 Å². The number of nitrogens with zero attached hydrogens (tertiary/aromatic N) is 2. The molecule has 0 spiro atoms. The molecular weight excluding hydrogens is 330 g/mol. The van der Waals surface area contributed by atoms with Gasteiger partial charge in [0, 0.05) is 0 Å². The average Bonchev–Trinajstić information content (AvgIpc) is 2.55. The summed E-state index contributed by atoms with van der Waals surface area (Å²) in [5.41, 5.74) is 15.4. The van der Waals surface area contributed by atoms with Crippen molar-refractivity contribution in [3.8, 4) is 0 Å². The van der Waals surface area contributed by atoms with Gasteiger partial charge < -0.3 is 0 Å². The number of nitrogens with one attached hydrogen (secondary N) is 2. The molecule has 2 N–H and O–H groups in total. The molecular formula is C12H24N4O4Zn+2. The second kappa shape index (κ2) is 9.38. The van der Waals surface area contributed by atoms with Gasteiger partial charge >= 0.3 is 132 Å². The summed E-state index contributed by atoms with van der Waals surface area (Å²) in [5.74, 6) is 0. The predicted octanol–water partition coefficient (Wildman–Crippen LogP) is 3.38. The summed E-state index contributed by atoms with van der Waals surface area (Å²) in [6.45, 7) is 0. The fraction of sp³-hybridized carbons (Fsp3) is 1.00. The molecule has 2 rings (SSSR count). The van der Waals surface area contributed by atoms with E-state index in [1.54, 1.807) is 0 Å². The molecule has 116 valence electrons. The van der Waals surface area contributed by atoms with E-state index in [-0.39, 0.29) is 12.1 Å². The van der Waals surface area contributed by atoms with E-state index in [2.05, 4.69) is 0 Å². The van der Waals surface area contributed by atoms with Crippen LogP contribution in [-0.4, -0.2) is 21.8 Å². The molecule has 0 amide bonds. The standard InChI is InChI=1S/2C6H12N2O2.Zn/c2*7-8(10-9)6-4-2-1-3-5-6;/h2*6-7H,1-5H2;/q;;+2. The molecule has 0 heterocycles. The van der Waals surface area contributed by atoms with Gasteiger partial charge in [0.1, 0.15) is 0 Å². The zero-order chi connectivity index (χ0) is 14.9. The number of hydroxylamine groups is 2. The normalized spacial score (nSPS) is 20.6. The Balaban J connectivity index is 1.51. The van der Waals surface area contributed by atoms with Crippen LogP contribution in [0.25, 0.3) is 0 Å². The fourth-order valence-corrected chi connectivity index (χ4v) is 3.67. The topological polar surface area (TPSA) is 90.6 Å². The Morgan fingerprint density at radius 3 is 1.43 bits per heavy atom. The van der Waals surface area contributed by atoms with Crippen molar-refractivity contribution in [2.24, 2.45) is 0 Å². The zero-order valence-electron chi connectivity index (χ0n) is 12.5. The van der Waals surface area contributed by atoms with Crippen LogP contribution in [0.2, 0.25) is 0 Å². The van der Waals surface area contributed by atoms with Crippen molar-refractivity contribution in [2.75, 3.05) is 0 Å². The van der Waals surface area contributed by atoms with Crippen LogP contribution in [0.5, 0.6) is 0 Å². The zero-order valence-corrected chi connectivity index (χ0v) is 15.4. The van der Waals surface area contributed by atoms with Gasteiger partial charge in [0.2, 0.25) is 0 Å². The first kappa shape index (κ1) is 16.7. The predicted molar refractivity (Wildman–Crippen MR) is 64.0 cm³/mol. The van der Waals surface area contributed by atoms with Crippen LogP contribution in [0.1, 0.15) is 64.2 Å². The Kier molecular flexibility index (Phi) is 7.46. The van der Waals surface area contributed by atoms with E-state index < -0.39 is 17.8 Å². The minimum atomic E-state index is -1.95. The molecule has 0 aromatic heterocycles. The van der Waals surface area contributed by atoms with E-state index in [9.17, 15) is 0 Å². The van der Waals surface area contributed by atoms with Gasteiger partial charge in [0.05, 0.1) is 0 Å². The van der Waals surface area contributed by atoms with Gasteiger partial charge in [-0.1, -0.05) is 0 Å². The Labute approximate surface area is 132 Å². The van der Waals surface area contributed by atoms with Crippen LogP contribution in [0.15, 0.2) is 0 Å². The Bertz CT molecular complexity index is 314. The number of hydrogen-bond donors (Lipinski definition) is 2. The molecule has 0 atom stereocenters. The van der Waals surface area contributed by atoms with E-state index in [0.717, 1.165) is 61.1 Å². The second-order valence-corrected chi connectivity index (χ2v) is 7.22. The minimum absolute atomic E-state index is 0.108. The van der Waals surface area contributed by atoms with Gasteiger partial charge in [-0.25, -0.2) is 0 Å².